The molecule has 4 aromatic rings. The number of halogens is 2. The van der Waals surface area contributed by atoms with Crippen molar-refractivity contribution < 1.29 is 28.2 Å². The average molecular weight is 999 g/mol. The summed E-state index contributed by atoms with van der Waals surface area (Å²) in [6.07, 6.45) is 14.0. The van der Waals surface area contributed by atoms with E-state index in [9.17, 15) is 19.5 Å². The van der Waals surface area contributed by atoms with Gasteiger partial charge in [0.1, 0.15) is 30.2 Å². The van der Waals surface area contributed by atoms with Crippen LogP contribution in [-0.4, -0.2) is 133 Å². The summed E-state index contributed by atoms with van der Waals surface area (Å²) in [6.45, 7) is 10.9. The lowest BCUT2D eigenvalue weighted by Crippen LogP contribution is -2.52. The molecule has 6 heterocycles. The summed E-state index contributed by atoms with van der Waals surface area (Å²) in [5, 5.41) is 9.88. The summed E-state index contributed by atoms with van der Waals surface area (Å²) in [5.74, 6) is -1.11. The molecule has 0 bridgehead atoms. The van der Waals surface area contributed by atoms with Crippen LogP contribution in [0.3, 0.4) is 0 Å². The first-order chi connectivity index (χ1) is 34.6. The number of carbonyl (C=O) groups is 1. The Bertz CT molecular complexity index is 2920. The third-order valence-corrected chi connectivity index (χ3v) is 14.1. The number of aliphatic imine (C=N–C) groups is 4. The van der Waals surface area contributed by atoms with Crippen molar-refractivity contribution in [1.82, 2.24) is 18.9 Å². The topological polar surface area (TPSA) is 266 Å². The van der Waals surface area contributed by atoms with Gasteiger partial charge in [0, 0.05) is 83.4 Å². The van der Waals surface area contributed by atoms with E-state index in [4.69, 9.17) is 32.4 Å². The summed E-state index contributed by atoms with van der Waals surface area (Å²) in [4.78, 5) is 62.6. The Morgan fingerprint density at radius 3 is 1.43 bits per heavy atom. The number of anilines is 2. The number of guanidine groups is 4. The van der Waals surface area contributed by atoms with Gasteiger partial charge in [0.05, 0.1) is 33.9 Å². The molecule has 2 saturated heterocycles. The van der Waals surface area contributed by atoms with Crippen molar-refractivity contribution in [3.8, 4) is 11.5 Å². The normalized spacial score (nSPS) is 18.8. The highest BCUT2D eigenvalue weighted by Gasteiger charge is 2.33. The molecule has 4 aliphatic rings. The number of aromatic carboxylic acids is 1. The van der Waals surface area contributed by atoms with E-state index in [-0.39, 0.29) is 64.8 Å². The number of carboxylic acid groups (broad SMARTS) is 1. The van der Waals surface area contributed by atoms with Crippen LogP contribution in [0.15, 0.2) is 54.1 Å². The van der Waals surface area contributed by atoms with E-state index in [0.717, 1.165) is 57.4 Å². The Morgan fingerprint density at radius 1 is 0.625 bits per heavy atom. The summed E-state index contributed by atoms with van der Waals surface area (Å²) in [6, 6.07) is 2.21. The first-order valence-corrected chi connectivity index (χ1v) is 25.2. The van der Waals surface area contributed by atoms with Gasteiger partial charge in [0.25, 0.3) is 0 Å². The minimum atomic E-state index is -1.36. The van der Waals surface area contributed by atoms with Crippen LogP contribution >= 0.6 is 0 Å². The number of nitrogens with two attached hydrogens (primary N) is 4. The lowest BCUT2D eigenvalue weighted by molar-refractivity contribution is 0.0694. The number of nitrogens with zero attached hydrogens (tertiary/aromatic N) is 10. The second-order valence-electron chi connectivity index (χ2n) is 19.2. The molecule has 0 radical (unpaired) electrons. The van der Waals surface area contributed by atoms with Crippen LogP contribution in [0.5, 0.6) is 11.5 Å². The quantitative estimate of drug-likeness (QED) is 0.0583. The van der Waals surface area contributed by atoms with Crippen molar-refractivity contribution in [2.75, 3.05) is 88.5 Å². The monoisotopic (exact) mass is 999 g/mol. The van der Waals surface area contributed by atoms with Gasteiger partial charge in [-0.2, -0.15) is 9.98 Å². The smallest absolute Gasteiger partial charge is 0.341 e. The number of pyridine rings is 2. The molecule has 0 amide bonds. The summed E-state index contributed by atoms with van der Waals surface area (Å²) in [7, 11) is 0. The van der Waals surface area contributed by atoms with E-state index in [0.29, 0.717) is 105 Å². The van der Waals surface area contributed by atoms with Crippen molar-refractivity contribution in [2.24, 2.45) is 42.9 Å². The minimum absolute atomic E-state index is 0.0151. The fourth-order valence-electron chi connectivity index (χ4n) is 10.1. The molecule has 9 N–H and O–H groups in total. The van der Waals surface area contributed by atoms with E-state index in [1.165, 1.54) is 25.1 Å². The van der Waals surface area contributed by atoms with Crippen LogP contribution in [0.2, 0.25) is 0 Å². The molecule has 2 unspecified atom stereocenters. The van der Waals surface area contributed by atoms with Crippen LogP contribution in [0, 0.1) is 18.6 Å². The van der Waals surface area contributed by atoms with E-state index < -0.39 is 28.6 Å². The maximum absolute atomic E-state index is 15.7. The number of carboxylic acids is 1. The SMILES string of the molecule is Cc1cn2c3c(c(N4CCN(/C(N)=N/C(N)=NCCCCCCCCCCCCN=C(N)/N=C(\N)N5CCN(c6c(F)cc7c(=O)c(C(=O)O)cn8c7c6OCC8C)CC5)CC4)c(F)cc3c1=O)OCC2C. The Morgan fingerprint density at radius 2 is 1.01 bits per heavy atom. The van der Waals surface area contributed by atoms with Crippen LogP contribution < -0.4 is 53.1 Å². The molecular formula is C50H68F2N14O6. The molecular weight excluding hydrogens is 931 g/mol. The van der Waals surface area contributed by atoms with Gasteiger partial charge >= 0.3 is 5.97 Å². The van der Waals surface area contributed by atoms with Crippen LogP contribution in [0.25, 0.3) is 21.8 Å². The lowest BCUT2D eigenvalue weighted by Gasteiger charge is -2.38. The van der Waals surface area contributed by atoms with Crippen molar-refractivity contribution in [3.63, 3.8) is 0 Å². The molecule has 4 aliphatic heterocycles. The van der Waals surface area contributed by atoms with Gasteiger partial charge in [-0.05, 0) is 45.7 Å². The predicted octanol–water partition coefficient (Wildman–Crippen LogP) is 4.61. The standard InChI is InChI=1S/C50H68F2N14O6/c1-30-26-65-31(2)28-71-44-38(65)33(42(30)67)24-36(51)40(44)61-16-20-63(21-17-61)49(55)59-47(53)57-14-12-10-8-6-4-5-7-9-11-13-15-58-48(54)60-50(56)64-22-18-62(19-23-64)41-37(52)25-34-39-45(41)72-29-32(3)66(39)27-35(43(34)68)46(69)70/h24-27,31-32H,4-23,28-29H2,1-3H3,(H,69,70)(H4,53,55,57,59)(H4,54,56,58,60). The van der Waals surface area contributed by atoms with Crippen LogP contribution in [0.1, 0.15) is 106 Å². The Labute approximate surface area is 416 Å². The molecule has 0 saturated carbocycles. The number of hydrogen-bond acceptors (Lipinski definition) is 9. The van der Waals surface area contributed by atoms with Gasteiger partial charge in [-0.15, -0.1) is 0 Å². The van der Waals surface area contributed by atoms with Crippen molar-refractivity contribution in [1.29, 1.82) is 0 Å². The molecule has 20 nitrogen and oxygen atoms in total. The number of hydrogen-bond donors (Lipinski definition) is 5. The molecule has 2 atom stereocenters. The molecule has 2 fully saturated rings. The predicted molar refractivity (Wildman–Crippen MR) is 278 cm³/mol. The highest BCUT2D eigenvalue weighted by Crippen LogP contribution is 2.43. The second kappa shape index (κ2) is 22.5. The summed E-state index contributed by atoms with van der Waals surface area (Å²) in [5.41, 5.74) is 25.7. The molecule has 2 aromatic carbocycles. The largest absolute Gasteiger partial charge is 0.487 e. The zero-order chi connectivity index (χ0) is 51.2. The highest BCUT2D eigenvalue weighted by molar-refractivity contribution is 5.98. The fraction of sp³-hybridized carbons (Fsp3) is 0.540. The number of aryl methyl sites for hydroxylation is 1. The van der Waals surface area contributed by atoms with Crippen LogP contribution in [0.4, 0.5) is 20.2 Å². The van der Waals surface area contributed by atoms with E-state index in [1.54, 1.807) is 11.5 Å². The van der Waals surface area contributed by atoms with Gasteiger partial charge in [0.15, 0.2) is 40.5 Å². The molecule has 72 heavy (non-hydrogen) atoms. The molecule has 2 aromatic heterocycles. The average Bonchev–Trinajstić information content (AvgIpc) is 3.35. The minimum Gasteiger partial charge on any atom is -0.487 e. The maximum Gasteiger partial charge on any atom is 0.341 e. The van der Waals surface area contributed by atoms with Crippen molar-refractivity contribution >= 4 is 63.0 Å². The molecule has 0 spiro atoms. The zero-order valence-corrected chi connectivity index (χ0v) is 41.5. The fourth-order valence-corrected chi connectivity index (χ4v) is 10.1. The maximum atomic E-state index is 15.7. The summed E-state index contributed by atoms with van der Waals surface area (Å²) < 4.78 is 47.1. The Kier molecular flexibility index (Phi) is 16.0. The molecule has 0 aliphatic carbocycles. The van der Waals surface area contributed by atoms with E-state index >= 15 is 8.78 Å². The van der Waals surface area contributed by atoms with E-state index in [2.05, 4.69) is 20.0 Å². The van der Waals surface area contributed by atoms with Crippen molar-refractivity contribution in [2.45, 2.75) is 97.1 Å². The third-order valence-electron chi connectivity index (χ3n) is 14.1. The molecule has 8 rings (SSSR count). The summed E-state index contributed by atoms with van der Waals surface area (Å²) >= 11 is 0. The molecule has 22 heteroatoms. The molecule has 388 valence electrons. The Balaban J connectivity index is 0.675. The third kappa shape index (κ3) is 11.0. The number of piperazine rings is 2. The zero-order valence-electron chi connectivity index (χ0n) is 41.5. The van der Waals surface area contributed by atoms with E-state index in [1.807, 2.05) is 44.2 Å². The Hall–Kier alpha value is -7.13. The van der Waals surface area contributed by atoms with Crippen LogP contribution in [-0.2, 0) is 0 Å². The second-order valence-corrected chi connectivity index (χ2v) is 19.2. The highest BCUT2D eigenvalue weighted by atomic mass is 19.1. The van der Waals surface area contributed by atoms with Gasteiger partial charge in [0.2, 0.25) is 17.3 Å². The number of ether oxygens (including phenoxy) is 2. The number of rotatable bonds is 16. The van der Waals surface area contributed by atoms with Gasteiger partial charge in [-0.3, -0.25) is 19.6 Å². The first kappa shape index (κ1) is 51.2. The first-order valence-electron chi connectivity index (χ1n) is 25.2. The number of unbranched alkanes of at least 4 members (excludes halogenated alkanes) is 9. The van der Waals surface area contributed by atoms with Crippen molar-refractivity contribution in [3.05, 3.63) is 67.7 Å². The van der Waals surface area contributed by atoms with Gasteiger partial charge in [-0.25, -0.2) is 13.6 Å². The van der Waals surface area contributed by atoms with Gasteiger partial charge in [-0.1, -0.05) is 51.4 Å². The number of benzene rings is 2. The van der Waals surface area contributed by atoms with Gasteiger partial charge < -0.3 is 66.2 Å². The lowest BCUT2D eigenvalue weighted by atomic mass is 10.1. The number of aromatic nitrogens is 2.